The van der Waals surface area contributed by atoms with E-state index in [2.05, 4.69) is 8.92 Å². The lowest BCUT2D eigenvalue weighted by molar-refractivity contribution is -0.274. The monoisotopic (exact) mass is 699 g/mol. The van der Waals surface area contributed by atoms with Crippen molar-refractivity contribution in [2.75, 3.05) is 13.7 Å². The molecule has 2 N–H and O–H groups in total. The molecule has 46 heavy (non-hydrogen) atoms. The summed E-state index contributed by atoms with van der Waals surface area (Å²) in [5, 5.41) is 1.36. The van der Waals surface area contributed by atoms with Crippen LogP contribution in [-0.4, -0.2) is 34.4 Å². The average molecular weight is 700 g/mol. The first-order valence-corrected chi connectivity index (χ1v) is 16.7. The summed E-state index contributed by atoms with van der Waals surface area (Å²) in [6, 6.07) is 18.6. The lowest BCUT2D eigenvalue weighted by Gasteiger charge is -2.27. The number of ether oxygens (including phenoxy) is 2. The molecule has 4 rings (SSSR count). The van der Waals surface area contributed by atoms with E-state index in [1.165, 1.54) is 23.5 Å². The molecule has 0 aliphatic rings. The Labute approximate surface area is 276 Å². The smallest absolute Gasteiger partial charge is 0.493 e. The highest BCUT2D eigenvalue weighted by Gasteiger charge is 2.37. The normalized spacial score (nSPS) is 12.5. The fraction of sp³-hybridized carbons (Fsp3) is 0.364. The maximum Gasteiger partial charge on any atom is 0.573 e. The summed E-state index contributed by atoms with van der Waals surface area (Å²) in [4.78, 5) is 11.6. The Kier molecular flexibility index (Phi) is 11.5. The largest absolute Gasteiger partial charge is 0.573 e. The van der Waals surface area contributed by atoms with Crippen LogP contribution in [-0.2, 0) is 24.5 Å². The van der Waals surface area contributed by atoms with Crippen LogP contribution in [0.1, 0.15) is 67.9 Å². The Balaban J connectivity index is 0.000000259. The zero-order valence-electron chi connectivity index (χ0n) is 26.5. The van der Waals surface area contributed by atoms with Crippen LogP contribution < -0.4 is 15.2 Å². The van der Waals surface area contributed by atoms with Gasteiger partial charge in [-0.25, -0.2) is 0 Å². The van der Waals surface area contributed by atoms with E-state index < -0.39 is 32.5 Å². The number of halogens is 4. The number of amides is 1. The fourth-order valence-corrected chi connectivity index (χ4v) is 6.33. The number of thiophene rings is 1. The molecule has 1 heterocycles. The minimum absolute atomic E-state index is 0.242. The molecule has 0 spiro atoms. The molecule has 250 valence electrons. The summed E-state index contributed by atoms with van der Waals surface area (Å²) in [5.74, 6) is -0.211. The van der Waals surface area contributed by atoms with E-state index >= 15 is 0 Å². The van der Waals surface area contributed by atoms with Crippen molar-refractivity contribution in [3.63, 3.8) is 0 Å². The highest BCUT2D eigenvalue weighted by molar-refractivity contribution is 7.87. The van der Waals surface area contributed by atoms with Crippen LogP contribution in [0.4, 0.5) is 13.2 Å². The second kappa shape index (κ2) is 14.2. The van der Waals surface area contributed by atoms with E-state index in [0.29, 0.717) is 33.4 Å². The Morgan fingerprint density at radius 3 is 2.13 bits per heavy atom. The third-order valence-corrected chi connectivity index (χ3v) is 10.6. The number of fused-ring (bicyclic) bond motifs is 1. The molecule has 0 radical (unpaired) electrons. The second-order valence-electron chi connectivity index (χ2n) is 11.9. The van der Waals surface area contributed by atoms with E-state index in [4.69, 9.17) is 22.1 Å². The number of carbonyl (C=O) groups excluding carboxylic acids is 1. The molecule has 3 aromatic carbocycles. The van der Waals surface area contributed by atoms with Crippen LogP contribution in [0.25, 0.3) is 10.1 Å². The quantitative estimate of drug-likeness (QED) is 0.166. The number of rotatable bonds is 10. The van der Waals surface area contributed by atoms with Crippen molar-refractivity contribution in [1.82, 2.24) is 0 Å². The summed E-state index contributed by atoms with van der Waals surface area (Å²) < 4.78 is 76.2. The van der Waals surface area contributed by atoms with Gasteiger partial charge in [0.2, 0.25) is 0 Å². The first-order chi connectivity index (χ1) is 21.2. The van der Waals surface area contributed by atoms with Gasteiger partial charge in [-0.05, 0) is 84.3 Å². The molecule has 13 heteroatoms. The standard InChI is InChI=1S/C20H22ClF3O2.C13H15NO4S2/c1-13(2)12-25-17-9-15(10-18(11-17)26-20(22,23)24)19(3,4)14-6-5-7-16(21)8-14;1-13(2,20(16,17)18-3)9-4-5-10-8(6-9)7-11(19-10)12(14)15/h5-11,13H,12H2,1-4H3;4-7H,1-3H3,(H2,14,15). The van der Waals surface area contributed by atoms with E-state index in [-0.39, 0.29) is 11.7 Å². The summed E-state index contributed by atoms with van der Waals surface area (Å²) in [6.07, 6.45) is -4.77. The predicted octanol–water partition coefficient (Wildman–Crippen LogP) is 8.81. The minimum Gasteiger partial charge on any atom is -0.493 e. The van der Waals surface area contributed by atoms with Crippen molar-refractivity contribution in [3.05, 3.63) is 93.3 Å². The van der Waals surface area contributed by atoms with Gasteiger partial charge in [0.1, 0.15) is 16.2 Å². The molecule has 0 bridgehead atoms. The van der Waals surface area contributed by atoms with Crippen molar-refractivity contribution < 1.29 is 40.0 Å². The van der Waals surface area contributed by atoms with Crippen molar-refractivity contribution in [2.24, 2.45) is 11.7 Å². The number of hydrogen-bond acceptors (Lipinski definition) is 7. The van der Waals surface area contributed by atoms with Gasteiger partial charge in [-0.2, -0.15) is 8.42 Å². The minimum atomic E-state index is -4.77. The highest BCUT2D eigenvalue weighted by Crippen LogP contribution is 2.38. The van der Waals surface area contributed by atoms with Crippen molar-refractivity contribution >= 4 is 49.0 Å². The molecule has 0 unspecified atom stereocenters. The van der Waals surface area contributed by atoms with Gasteiger partial charge in [-0.15, -0.1) is 24.5 Å². The molecular formula is C33H37ClF3NO6S2. The third kappa shape index (κ3) is 9.15. The highest BCUT2D eigenvalue weighted by atomic mass is 35.5. The molecule has 7 nitrogen and oxygen atoms in total. The molecule has 0 saturated heterocycles. The molecule has 4 aromatic rings. The molecule has 1 amide bonds. The van der Waals surface area contributed by atoms with Crippen LogP contribution in [0.15, 0.2) is 66.7 Å². The Morgan fingerprint density at radius 2 is 1.57 bits per heavy atom. The Bertz CT molecular complexity index is 1800. The predicted molar refractivity (Wildman–Crippen MR) is 176 cm³/mol. The molecular weight excluding hydrogens is 663 g/mol. The van der Waals surface area contributed by atoms with Gasteiger partial charge in [0, 0.05) is 21.2 Å². The summed E-state index contributed by atoms with van der Waals surface area (Å²) in [6.45, 7) is 11.3. The lowest BCUT2D eigenvalue weighted by atomic mass is 9.78. The second-order valence-corrected chi connectivity index (χ2v) is 15.7. The molecule has 0 aliphatic carbocycles. The van der Waals surface area contributed by atoms with E-state index in [9.17, 15) is 26.4 Å². The summed E-state index contributed by atoms with van der Waals surface area (Å²) in [7, 11) is -2.57. The number of alkyl halides is 3. The van der Waals surface area contributed by atoms with Gasteiger partial charge in [-0.1, -0.05) is 57.5 Å². The zero-order chi connectivity index (χ0) is 34.7. The summed E-state index contributed by atoms with van der Waals surface area (Å²) in [5.41, 5.74) is 6.77. The Morgan fingerprint density at radius 1 is 0.913 bits per heavy atom. The van der Waals surface area contributed by atoms with Crippen LogP contribution >= 0.6 is 22.9 Å². The maximum atomic E-state index is 12.7. The number of primary amides is 1. The molecule has 1 aromatic heterocycles. The van der Waals surface area contributed by atoms with E-state index in [1.807, 2.05) is 39.8 Å². The first kappa shape index (κ1) is 37.1. The molecule has 0 fully saturated rings. The van der Waals surface area contributed by atoms with Crippen LogP contribution in [0, 0.1) is 5.92 Å². The number of hydrogen-bond donors (Lipinski definition) is 1. The molecule has 0 aliphatic heterocycles. The Hall–Kier alpha value is -3.32. The third-order valence-electron chi connectivity index (χ3n) is 7.26. The van der Waals surface area contributed by atoms with Crippen LogP contribution in [0.2, 0.25) is 5.02 Å². The van der Waals surface area contributed by atoms with Gasteiger partial charge < -0.3 is 15.2 Å². The van der Waals surface area contributed by atoms with Gasteiger partial charge in [-0.3, -0.25) is 8.98 Å². The fourth-order valence-electron chi connectivity index (χ4n) is 4.41. The van der Waals surface area contributed by atoms with Gasteiger partial charge in [0.15, 0.2) is 0 Å². The van der Waals surface area contributed by atoms with Gasteiger partial charge >= 0.3 is 6.36 Å². The number of benzene rings is 3. The topological polar surface area (TPSA) is 105 Å². The lowest BCUT2D eigenvalue weighted by Crippen LogP contribution is -2.30. The van der Waals surface area contributed by atoms with Crippen molar-refractivity contribution in [2.45, 2.75) is 58.1 Å². The van der Waals surface area contributed by atoms with Crippen molar-refractivity contribution in [1.29, 1.82) is 0 Å². The maximum absolute atomic E-state index is 12.7. The van der Waals surface area contributed by atoms with Crippen molar-refractivity contribution in [3.8, 4) is 11.5 Å². The molecule has 0 atom stereocenters. The number of nitrogens with two attached hydrogens (primary N) is 1. The van der Waals surface area contributed by atoms with Gasteiger partial charge in [0.25, 0.3) is 16.0 Å². The van der Waals surface area contributed by atoms with E-state index in [1.54, 1.807) is 56.3 Å². The number of carbonyl (C=O) groups is 1. The SMILES string of the molecule is CC(C)COc1cc(OC(F)(F)F)cc(C(C)(C)c2cccc(Cl)c2)c1.COS(=O)(=O)C(C)(C)c1ccc2sc(C(N)=O)cc2c1. The summed E-state index contributed by atoms with van der Waals surface area (Å²) >= 11 is 7.36. The van der Waals surface area contributed by atoms with Gasteiger partial charge in [0.05, 0.1) is 18.6 Å². The first-order valence-electron chi connectivity index (χ1n) is 14.1. The van der Waals surface area contributed by atoms with Crippen LogP contribution in [0.3, 0.4) is 0 Å². The zero-order valence-corrected chi connectivity index (χ0v) is 28.9. The van der Waals surface area contributed by atoms with E-state index in [0.717, 1.165) is 22.8 Å². The van der Waals surface area contributed by atoms with Crippen LogP contribution in [0.5, 0.6) is 11.5 Å². The average Bonchev–Trinajstić information content (AvgIpc) is 3.39. The molecule has 0 saturated carbocycles.